The molecule has 0 bridgehead atoms. The van der Waals surface area contributed by atoms with Gasteiger partial charge in [0.05, 0.1) is 61.7 Å². The number of epoxide rings is 3. The molecule has 3 heterocycles. The largest absolute Gasteiger partial charge is 0.465 e. The third kappa shape index (κ3) is 9.50. The lowest BCUT2D eigenvalue weighted by atomic mass is 9.79. The molecule has 0 aromatic carbocycles. The molecule has 8 atom stereocenters. The number of hydrogen-bond acceptors (Lipinski definition) is 7. The Kier molecular flexibility index (Phi) is 11.6. The van der Waals surface area contributed by atoms with Crippen molar-refractivity contribution < 1.29 is 33.3 Å². The van der Waals surface area contributed by atoms with Crippen molar-refractivity contribution >= 4 is 11.9 Å². The van der Waals surface area contributed by atoms with Gasteiger partial charge in [-0.05, 0) is 64.2 Å². The van der Waals surface area contributed by atoms with Gasteiger partial charge in [-0.3, -0.25) is 9.59 Å². The normalized spacial score (nSPS) is 33.5. The quantitative estimate of drug-likeness (QED) is 0.112. The van der Waals surface area contributed by atoms with Gasteiger partial charge in [0.15, 0.2) is 0 Å². The first-order chi connectivity index (χ1) is 18.1. The van der Waals surface area contributed by atoms with E-state index in [2.05, 4.69) is 13.8 Å². The number of carbonyl (C=O) groups excluding carboxylic acids is 2. The fourth-order valence-corrected chi connectivity index (χ4v) is 5.94. The van der Waals surface area contributed by atoms with Crippen LogP contribution in [0.3, 0.4) is 0 Å². The highest BCUT2D eigenvalue weighted by atomic mass is 16.6. The molecule has 3 aliphatic heterocycles. The van der Waals surface area contributed by atoms with Crippen LogP contribution in [0, 0.1) is 11.8 Å². The Morgan fingerprint density at radius 2 is 0.973 bits per heavy atom. The van der Waals surface area contributed by atoms with Gasteiger partial charge >= 0.3 is 11.9 Å². The first kappa shape index (κ1) is 28.8. The summed E-state index contributed by atoms with van der Waals surface area (Å²) in [5.41, 5.74) is 0. The van der Waals surface area contributed by atoms with Crippen molar-refractivity contribution in [2.45, 2.75) is 153 Å². The van der Waals surface area contributed by atoms with Crippen LogP contribution in [-0.2, 0) is 33.3 Å². The number of fused-ring (bicyclic) bond motifs is 1. The van der Waals surface area contributed by atoms with Crippen LogP contribution in [0.5, 0.6) is 0 Å². The molecule has 7 heteroatoms. The molecule has 7 nitrogen and oxygen atoms in total. The molecule has 4 rings (SSSR count). The van der Waals surface area contributed by atoms with Gasteiger partial charge in [0.2, 0.25) is 0 Å². The molecule has 4 fully saturated rings. The lowest BCUT2D eigenvalue weighted by Gasteiger charge is -2.26. The van der Waals surface area contributed by atoms with E-state index in [1.807, 2.05) is 0 Å². The monoisotopic (exact) mass is 522 g/mol. The zero-order valence-electron chi connectivity index (χ0n) is 23.2. The fraction of sp³-hybridized carbons (Fsp3) is 0.933. The summed E-state index contributed by atoms with van der Waals surface area (Å²) in [4.78, 5) is 25.7. The van der Waals surface area contributed by atoms with E-state index in [1.165, 1.54) is 38.5 Å². The zero-order valence-corrected chi connectivity index (χ0v) is 23.2. The second-order valence-electron chi connectivity index (χ2n) is 11.6. The summed E-state index contributed by atoms with van der Waals surface area (Å²) in [6, 6.07) is 0. The molecule has 0 amide bonds. The van der Waals surface area contributed by atoms with E-state index in [9.17, 15) is 9.59 Å². The summed E-state index contributed by atoms with van der Waals surface area (Å²) < 4.78 is 28.3. The van der Waals surface area contributed by atoms with Crippen molar-refractivity contribution in [1.29, 1.82) is 0 Å². The molecule has 0 aromatic rings. The smallest absolute Gasteiger partial charge is 0.309 e. The minimum atomic E-state index is -0.442. The van der Waals surface area contributed by atoms with Crippen LogP contribution < -0.4 is 0 Å². The van der Waals surface area contributed by atoms with Crippen LogP contribution in [0.1, 0.15) is 117 Å². The van der Waals surface area contributed by atoms with E-state index in [0.29, 0.717) is 50.5 Å². The van der Waals surface area contributed by atoms with Crippen molar-refractivity contribution in [2.75, 3.05) is 13.2 Å². The van der Waals surface area contributed by atoms with E-state index in [-0.39, 0.29) is 24.1 Å². The second-order valence-corrected chi connectivity index (χ2v) is 11.6. The number of unbranched alkanes of at least 4 members (excludes halogenated alkanes) is 6. The van der Waals surface area contributed by atoms with Crippen LogP contribution in [0.15, 0.2) is 0 Å². The van der Waals surface area contributed by atoms with Gasteiger partial charge in [-0.1, -0.05) is 52.4 Å². The summed E-state index contributed by atoms with van der Waals surface area (Å²) in [7, 11) is 0. The van der Waals surface area contributed by atoms with Crippen LogP contribution in [0.4, 0.5) is 0 Å². The number of hydrogen-bond donors (Lipinski definition) is 0. The van der Waals surface area contributed by atoms with Crippen LogP contribution in [0.2, 0.25) is 0 Å². The van der Waals surface area contributed by atoms with E-state index < -0.39 is 11.8 Å². The SMILES string of the molecule is CCCCC1OC1CCCCCOC(=O)C1CC2OC2CC1C(=O)OCCCCCC1OC1CCCC. The second kappa shape index (κ2) is 14.8. The Morgan fingerprint density at radius 3 is 1.38 bits per heavy atom. The van der Waals surface area contributed by atoms with Gasteiger partial charge in [-0.15, -0.1) is 0 Å². The average molecular weight is 523 g/mol. The number of esters is 2. The first-order valence-electron chi connectivity index (χ1n) is 15.4. The number of carbonyl (C=O) groups is 2. The molecule has 0 radical (unpaired) electrons. The maximum absolute atomic E-state index is 12.8. The van der Waals surface area contributed by atoms with E-state index in [0.717, 1.165) is 51.4 Å². The lowest BCUT2D eigenvalue weighted by molar-refractivity contribution is -0.162. The molecule has 0 aromatic heterocycles. The molecular weight excluding hydrogens is 472 g/mol. The highest BCUT2D eigenvalue weighted by Gasteiger charge is 2.53. The van der Waals surface area contributed by atoms with Crippen molar-refractivity contribution in [1.82, 2.24) is 0 Å². The third-order valence-corrected chi connectivity index (χ3v) is 8.57. The Morgan fingerprint density at radius 1 is 0.568 bits per heavy atom. The summed E-state index contributed by atoms with van der Waals surface area (Å²) in [6.07, 6.45) is 18.7. The van der Waals surface area contributed by atoms with Gasteiger partial charge in [-0.2, -0.15) is 0 Å². The number of rotatable bonds is 20. The van der Waals surface area contributed by atoms with E-state index >= 15 is 0 Å². The van der Waals surface area contributed by atoms with Crippen LogP contribution in [0.25, 0.3) is 0 Å². The first-order valence-corrected chi connectivity index (χ1v) is 15.4. The van der Waals surface area contributed by atoms with Crippen molar-refractivity contribution in [2.24, 2.45) is 11.8 Å². The van der Waals surface area contributed by atoms with Crippen molar-refractivity contribution in [3.63, 3.8) is 0 Å². The van der Waals surface area contributed by atoms with E-state index in [4.69, 9.17) is 23.7 Å². The fourth-order valence-electron chi connectivity index (χ4n) is 5.94. The molecule has 8 unspecified atom stereocenters. The Balaban J connectivity index is 1.04. The van der Waals surface area contributed by atoms with Gasteiger partial charge in [0.1, 0.15) is 0 Å². The van der Waals surface area contributed by atoms with Crippen molar-refractivity contribution in [3.05, 3.63) is 0 Å². The third-order valence-electron chi connectivity index (χ3n) is 8.57. The minimum absolute atomic E-state index is 0.103. The summed E-state index contributed by atoms with van der Waals surface area (Å²) in [6.45, 7) is 5.26. The summed E-state index contributed by atoms with van der Waals surface area (Å²) >= 11 is 0. The predicted octanol–water partition coefficient (Wildman–Crippen LogP) is 5.90. The maximum Gasteiger partial charge on any atom is 0.309 e. The Bertz CT molecular complexity index is 654. The molecule has 37 heavy (non-hydrogen) atoms. The van der Waals surface area contributed by atoms with E-state index in [1.54, 1.807) is 0 Å². The molecule has 212 valence electrons. The minimum Gasteiger partial charge on any atom is -0.465 e. The average Bonchev–Trinajstić information content (AvgIpc) is 3.80. The van der Waals surface area contributed by atoms with Crippen LogP contribution in [-0.4, -0.2) is 61.8 Å². The lowest BCUT2D eigenvalue weighted by Crippen LogP contribution is -2.37. The van der Waals surface area contributed by atoms with Crippen LogP contribution >= 0.6 is 0 Å². The highest BCUT2D eigenvalue weighted by molar-refractivity contribution is 5.82. The standard InChI is InChI=1S/C30H50O7/c1-3-5-13-23-25(35-23)15-9-7-11-17-33-29(31)21-19-27-28(37-27)20-22(21)30(32)34-18-12-8-10-16-26-24(36-26)14-6-4-2/h21-28H,3-20H2,1-2H3. The summed E-state index contributed by atoms with van der Waals surface area (Å²) in [5.74, 6) is -1.41. The van der Waals surface area contributed by atoms with Gasteiger partial charge in [0, 0.05) is 0 Å². The molecule has 1 saturated carbocycles. The molecule has 4 aliphatic rings. The molecule has 3 saturated heterocycles. The highest BCUT2D eigenvalue weighted by Crippen LogP contribution is 2.44. The number of ether oxygens (including phenoxy) is 5. The van der Waals surface area contributed by atoms with Gasteiger partial charge in [0.25, 0.3) is 0 Å². The van der Waals surface area contributed by atoms with Crippen molar-refractivity contribution in [3.8, 4) is 0 Å². The summed E-state index contributed by atoms with van der Waals surface area (Å²) in [5, 5.41) is 0. The molecule has 1 aliphatic carbocycles. The molecular formula is C30H50O7. The zero-order chi connectivity index (χ0) is 26.0. The molecule has 0 N–H and O–H groups in total. The molecule has 0 spiro atoms. The van der Waals surface area contributed by atoms with Gasteiger partial charge < -0.3 is 23.7 Å². The van der Waals surface area contributed by atoms with Gasteiger partial charge in [-0.25, -0.2) is 0 Å². The topological polar surface area (TPSA) is 90.2 Å². The predicted molar refractivity (Wildman–Crippen MR) is 140 cm³/mol. The Labute approximate surface area is 223 Å². The Hall–Kier alpha value is -1.18. The maximum atomic E-state index is 12.8.